The van der Waals surface area contributed by atoms with Crippen molar-refractivity contribution in [2.45, 2.75) is 20.0 Å². The van der Waals surface area contributed by atoms with Gasteiger partial charge in [-0.25, -0.2) is 9.59 Å². The highest BCUT2D eigenvalue weighted by molar-refractivity contribution is 6.32. The maximum Gasteiger partial charge on any atom is 0.416 e. The van der Waals surface area contributed by atoms with E-state index in [2.05, 4.69) is 14.8 Å². The van der Waals surface area contributed by atoms with Crippen LogP contribution < -0.4 is 10.1 Å². The molecule has 0 aliphatic heterocycles. The number of esters is 2. The summed E-state index contributed by atoms with van der Waals surface area (Å²) < 4.78 is 54.5. The molecule has 0 aromatic heterocycles. The number of benzene rings is 2. The smallest absolute Gasteiger partial charge is 0.416 e. The van der Waals surface area contributed by atoms with Gasteiger partial charge in [-0.15, -0.1) is 0 Å². The van der Waals surface area contributed by atoms with Gasteiger partial charge in [-0.3, -0.25) is 0 Å². The molecule has 6 nitrogen and oxygen atoms in total. The van der Waals surface area contributed by atoms with E-state index in [1.807, 2.05) is 0 Å². The van der Waals surface area contributed by atoms with E-state index in [9.17, 15) is 22.8 Å². The Bertz CT molecular complexity index is 1010. The fourth-order valence-corrected chi connectivity index (χ4v) is 2.67. The Morgan fingerprint density at radius 1 is 1.03 bits per heavy atom. The summed E-state index contributed by atoms with van der Waals surface area (Å²) >= 11 is 6.14. The maximum atomic E-state index is 13.2. The molecule has 31 heavy (non-hydrogen) atoms. The number of hydrogen-bond acceptors (Lipinski definition) is 6. The number of nitrogens with one attached hydrogen (secondary N) is 1. The molecule has 0 aliphatic rings. The number of ether oxygens (including phenoxy) is 3. The van der Waals surface area contributed by atoms with Gasteiger partial charge < -0.3 is 19.5 Å². The third-order valence-electron chi connectivity index (χ3n) is 4.08. The Labute approximate surface area is 181 Å². The number of aryl methyl sites for hydroxylation is 2. The molecule has 0 amide bonds. The van der Waals surface area contributed by atoms with Gasteiger partial charge in [0.25, 0.3) is 0 Å². The van der Waals surface area contributed by atoms with Crippen molar-refractivity contribution < 1.29 is 37.0 Å². The highest BCUT2D eigenvalue weighted by Gasteiger charge is 2.31. The molecule has 166 valence electrons. The Balaban J connectivity index is 2.55. The van der Waals surface area contributed by atoms with E-state index in [0.29, 0.717) is 21.9 Å². The number of methoxy groups -OCH3 is 2. The van der Waals surface area contributed by atoms with Crippen molar-refractivity contribution in [1.29, 1.82) is 0 Å². The quantitative estimate of drug-likeness (QED) is 0.462. The van der Waals surface area contributed by atoms with Crippen LogP contribution in [0.1, 0.15) is 16.7 Å². The summed E-state index contributed by atoms with van der Waals surface area (Å²) in [5, 5.41) is 3.01. The van der Waals surface area contributed by atoms with Crippen molar-refractivity contribution in [3.63, 3.8) is 0 Å². The number of alkyl halides is 3. The minimum Gasteiger partial charge on any atom is -0.466 e. The molecule has 0 spiro atoms. The highest BCUT2D eigenvalue weighted by atomic mass is 35.5. The highest BCUT2D eigenvalue weighted by Crippen LogP contribution is 2.38. The molecule has 0 heterocycles. The topological polar surface area (TPSA) is 73.9 Å². The SMILES string of the molecule is COC(=O)/C=C(/Nc1cc(C(F)(F)F)ccc1Oc1cc(C)c(Cl)c(C)c1)C(=O)OC. The predicted octanol–water partition coefficient (Wildman–Crippen LogP) is 5.41. The van der Waals surface area contributed by atoms with Gasteiger partial charge in [0.15, 0.2) is 5.75 Å². The van der Waals surface area contributed by atoms with Gasteiger partial charge in [0.05, 0.1) is 31.5 Å². The lowest BCUT2D eigenvalue weighted by Gasteiger charge is -2.17. The molecule has 0 saturated carbocycles. The molecule has 0 bridgehead atoms. The van der Waals surface area contributed by atoms with Gasteiger partial charge in [0, 0.05) is 5.02 Å². The van der Waals surface area contributed by atoms with Crippen LogP contribution in [0.2, 0.25) is 5.02 Å². The molecule has 2 rings (SSSR count). The normalized spacial score (nSPS) is 11.7. The first kappa shape index (κ1) is 24.1. The van der Waals surface area contributed by atoms with E-state index in [0.717, 1.165) is 38.5 Å². The van der Waals surface area contributed by atoms with E-state index in [1.54, 1.807) is 26.0 Å². The molecule has 0 fully saturated rings. The van der Waals surface area contributed by atoms with Gasteiger partial charge in [0.1, 0.15) is 11.4 Å². The largest absolute Gasteiger partial charge is 0.466 e. The molecule has 0 radical (unpaired) electrons. The minimum atomic E-state index is -4.65. The standard InChI is InChI=1S/C21H19ClF3NO5/c1-11-7-14(8-12(2)19(11)22)31-17-6-5-13(21(23,24)25)9-15(17)26-16(20(28)30-4)10-18(27)29-3/h5-10,26H,1-4H3/b16-10+. The van der Waals surface area contributed by atoms with Crippen molar-refractivity contribution in [2.75, 3.05) is 19.5 Å². The fourth-order valence-electron chi connectivity index (χ4n) is 2.56. The van der Waals surface area contributed by atoms with Gasteiger partial charge >= 0.3 is 18.1 Å². The number of rotatable bonds is 6. The molecular weight excluding hydrogens is 439 g/mol. The van der Waals surface area contributed by atoms with Crippen molar-refractivity contribution in [3.8, 4) is 11.5 Å². The summed E-state index contributed by atoms with van der Waals surface area (Å²) in [5.41, 5.74) is -0.242. The van der Waals surface area contributed by atoms with Crippen LogP contribution in [-0.4, -0.2) is 26.2 Å². The van der Waals surface area contributed by atoms with E-state index in [1.165, 1.54) is 0 Å². The number of carbonyl (C=O) groups is 2. The number of hydrogen-bond donors (Lipinski definition) is 1. The van der Waals surface area contributed by atoms with Crippen LogP contribution in [0.25, 0.3) is 0 Å². The molecule has 0 atom stereocenters. The van der Waals surface area contributed by atoms with Crippen molar-refractivity contribution in [2.24, 2.45) is 0 Å². The second kappa shape index (κ2) is 9.74. The van der Waals surface area contributed by atoms with E-state index in [-0.39, 0.29) is 11.4 Å². The summed E-state index contributed by atoms with van der Waals surface area (Å²) in [6.07, 6.45) is -3.90. The van der Waals surface area contributed by atoms with Crippen LogP contribution in [0, 0.1) is 13.8 Å². The molecule has 2 aromatic carbocycles. The van der Waals surface area contributed by atoms with Gasteiger partial charge in [-0.2, -0.15) is 13.2 Å². The van der Waals surface area contributed by atoms with E-state index in [4.69, 9.17) is 16.3 Å². The first-order chi connectivity index (χ1) is 14.5. The Hall–Kier alpha value is -3.20. The second-order valence-electron chi connectivity index (χ2n) is 6.38. The molecule has 0 saturated heterocycles. The van der Waals surface area contributed by atoms with Crippen LogP contribution in [0.15, 0.2) is 42.1 Å². The number of carbonyl (C=O) groups excluding carboxylic acids is 2. The third-order valence-corrected chi connectivity index (χ3v) is 4.68. The van der Waals surface area contributed by atoms with Crippen LogP contribution in [0.4, 0.5) is 18.9 Å². The summed E-state index contributed by atoms with van der Waals surface area (Å²) in [7, 11) is 2.13. The second-order valence-corrected chi connectivity index (χ2v) is 6.76. The lowest BCUT2D eigenvalue weighted by molar-refractivity contribution is -0.138. The number of anilines is 1. The minimum absolute atomic E-state index is 0.0335. The molecule has 0 aliphatic carbocycles. The first-order valence-electron chi connectivity index (χ1n) is 8.77. The van der Waals surface area contributed by atoms with Gasteiger partial charge in [0.2, 0.25) is 0 Å². The van der Waals surface area contributed by atoms with E-state index >= 15 is 0 Å². The Morgan fingerprint density at radius 3 is 2.16 bits per heavy atom. The van der Waals surface area contributed by atoms with Crippen molar-refractivity contribution >= 4 is 29.2 Å². The molecule has 2 aromatic rings. The fraction of sp³-hybridized carbons (Fsp3) is 0.238. The van der Waals surface area contributed by atoms with Crippen LogP contribution in [0.5, 0.6) is 11.5 Å². The third kappa shape index (κ3) is 6.14. The Kier molecular flexibility index (Phi) is 7.56. The predicted molar refractivity (Wildman–Crippen MR) is 108 cm³/mol. The number of halogens is 4. The molecule has 1 N–H and O–H groups in total. The summed E-state index contributed by atoms with van der Waals surface area (Å²) in [6, 6.07) is 5.90. The Morgan fingerprint density at radius 2 is 1.65 bits per heavy atom. The zero-order chi connectivity index (χ0) is 23.3. The van der Waals surface area contributed by atoms with Crippen LogP contribution >= 0.6 is 11.6 Å². The monoisotopic (exact) mass is 457 g/mol. The molecular formula is C21H19ClF3NO5. The van der Waals surface area contributed by atoms with Crippen molar-refractivity contribution in [1.82, 2.24) is 0 Å². The van der Waals surface area contributed by atoms with Gasteiger partial charge in [-0.05, 0) is 55.3 Å². The van der Waals surface area contributed by atoms with Gasteiger partial charge in [-0.1, -0.05) is 11.6 Å². The summed E-state index contributed by atoms with van der Waals surface area (Å²) in [4.78, 5) is 23.6. The zero-order valence-corrected chi connectivity index (χ0v) is 17.8. The molecule has 0 unspecified atom stereocenters. The van der Waals surface area contributed by atoms with Crippen LogP contribution in [-0.2, 0) is 25.2 Å². The first-order valence-corrected chi connectivity index (χ1v) is 9.15. The van der Waals surface area contributed by atoms with E-state index < -0.39 is 29.4 Å². The van der Waals surface area contributed by atoms with Crippen molar-refractivity contribution in [3.05, 3.63) is 63.8 Å². The average Bonchev–Trinajstić information content (AvgIpc) is 2.70. The maximum absolute atomic E-state index is 13.2. The lowest BCUT2D eigenvalue weighted by Crippen LogP contribution is -2.16. The zero-order valence-electron chi connectivity index (χ0n) is 17.0. The lowest BCUT2D eigenvalue weighted by atomic mass is 10.1. The summed E-state index contributed by atoms with van der Waals surface area (Å²) in [6.45, 7) is 3.51. The summed E-state index contributed by atoms with van der Waals surface area (Å²) in [5.74, 6) is -1.62. The molecule has 10 heteroatoms. The van der Waals surface area contributed by atoms with Crippen LogP contribution in [0.3, 0.4) is 0 Å². The average molecular weight is 458 g/mol.